The fourth-order valence-corrected chi connectivity index (χ4v) is 1.30. The Balaban J connectivity index is 2.89. The van der Waals surface area contributed by atoms with E-state index in [2.05, 4.69) is 15.0 Å². The second kappa shape index (κ2) is 2.69. The van der Waals surface area contributed by atoms with Crippen LogP contribution >= 0.6 is 0 Å². The number of fused-ring (bicyclic) bond motifs is 1. The number of aromatic nitrogens is 4. The van der Waals surface area contributed by atoms with Crippen molar-refractivity contribution in [1.82, 2.24) is 19.5 Å². The highest BCUT2D eigenvalue weighted by Gasteiger charge is 2.06. The van der Waals surface area contributed by atoms with E-state index < -0.39 is 0 Å². The number of hydrogen-bond donors (Lipinski definition) is 1. The molecule has 2 aromatic heterocycles. The molecule has 5 heteroatoms. The van der Waals surface area contributed by atoms with Gasteiger partial charge in [-0.25, -0.2) is 14.8 Å². The van der Waals surface area contributed by atoms with Crippen LogP contribution in [0.5, 0.6) is 0 Å². The average Bonchev–Trinajstić information content (AvgIpc) is 2.40. The fraction of sp³-hybridized carbons (Fsp3) is 0.375. The number of rotatable bonds is 1. The largest absolute Gasteiger partial charge is 0.328 e. The van der Waals surface area contributed by atoms with Crippen molar-refractivity contribution in [3.63, 3.8) is 0 Å². The van der Waals surface area contributed by atoms with Gasteiger partial charge in [-0.3, -0.25) is 9.55 Å². The fourth-order valence-electron chi connectivity index (χ4n) is 1.30. The number of nitrogens with one attached hydrogen (secondary N) is 1. The van der Waals surface area contributed by atoms with Gasteiger partial charge in [-0.2, -0.15) is 0 Å². The molecule has 0 aliphatic heterocycles. The van der Waals surface area contributed by atoms with Crippen LogP contribution in [0.3, 0.4) is 0 Å². The van der Waals surface area contributed by atoms with Crippen LogP contribution in [-0.2, 0) is 6.54 Å². The van der Waals surface area contributed by atoms with Crippen LogP contribution in [0.4, 0.5) is 0 Å². The lowest BCUT2D eigenvalue weighted by atomic mass is 10.5. The Morgan fingerprint density at radius 3 is 3.08 bits per heavy atom. The summed E-state index contributed by atoms with van der Waals surface area (Å²) < 4.78 is 1.56. The summed E-state index contributed by atoms with van der Waals surface area (Å²) in [4.78, 5) is 22.3. The Bertz CT molecular complexity index is 496. The van der Waals surface area contributed by atoms with Crippen molar-refractivity contribution in [2.24, 2.45) is 0 Å². The van der Waals surface area contributed by atoms with E-state index in [4.69, 9.17) is 0 Å². The maximum atomic E-state index is 11.3. The number of imidazole rings is 1. The van der Waals surface area contributed by atoms with Gasteiger partial charge in [-0.15, -0.1) is 0 Å². The van der Waals surface area contributed by atoms with Crippen molar-refractivity contribution in [2.75, 3.05) is 0 Å². The van der Waals surface area contributed by atoms with Crippen LogP contribution in [0.15, 0.2) is 11.0 Å². The quantitative estimate of drug-likeness (QED) is 0.689. The monoisotopic (exact) mass is 178 g/mol. The standard InChI is InChI=1S/C8H10N4O/c1-3-12-7-6(11-8(12)13)9-4-5(2)10-7/h4H,3H2,1-2H3,(H,9,11,13). The van der Waals surface area contributed by atoms with Gasteiger partial charge in [0, 0.05) is 6.54 Å². The minimum atomic E-state index is -0.150. The van der Waals surface area contributed by atoms with Crippen molar-refractivity contribution < 1.29 is 0 Å². The van der Waals surface area contributed by atoms with Gasteiger partial charge in [0.25, 0.3) is 0 Å². The molecule has 13 heavy (non-hydrogen) atoms. The third kappa shape index (κ3) is 1.12. The minimum absolute atomic E-state index is 0.150. The van der Waals surface area contributed by atoms with E-state index >= 15 is 0 Å². The van der Waals surface area contributed by atoms with Gasteiger partial charge in [0.2, 0.25) is 0 Å². The van der Waals surface area contributed by atoms with Crippen LogP contribution in [0.2, 0.25) is 0 Å². The molecule has 0 saturated heterocycles. The Morgan fingerprint density at radius 2 is 2.38 bits per heavy atom. The predicted molar refractivity (Wildman–Crippen MR) is 48.6 cm³/mol. The average molecular weight is 178 g/mol. The predicted octanol–water partition coefficient (Wildman–Crippen LogP) is 0.448. The van der Waals surface area contributed by atoms with E-state index in [1.54, 1.807) is 10.8 Å². The summed E-state index contributed by atoms with van der Waals surface area (Å²) in [6.45, 7) is 4.36. The maximum absolute atomic E-state index is 11.3. The number of nitrogens with zero attached hydrogens (tertiary/aromatic N) is 3. The molecule has 1 N–H and O–H groups in total. The van der Waals surface area contributed by atoms with Gasteiger partial charge in [0.15, 0.2) is 11.3 Å². The topological polar surface area (TPSA) is 63.6 Å². The van der Waals surface area contributed by atoms with Crippen molar-refractivity contribution in [1.29, 1.82) is 0 Å². The third-order valence-corrected chi connectivity index (χ3v) is 1.92. The highest BCUT2D eigenvalue weighted by Crippen LogP contribution is 2.03. The third-order valence-electron chi connectivity index (χ3n) is 1.92. The summed E-state index contributed by atoms with van der Waals surface area (Å²) in [6.07, 6.45) is 1.64. The van der Waals surface area contributed by atoms with Gasteiger partial charge in [-0.1, -0.05) is 0 Å². The maximum Gasteiger partial charge on any atom is 0.328 e. The molecule has 0 amide bonds. The molecule has 0 aliphatic carbocycles. The van der Waals surface area contributed by atoms with Crippen LogP contribution in [0.1, 0.15) is 12.6 Å². The first kappa shape index (κ1) is 7.97. The van der Waals surface area contributed by atoms with Gasteiger partial charge >= 0.3 is 5.69 Å². The van der Waals surface area contributed by atoms with Crippen molar-refractivity contribution in [3.05, 3.63) is 22.4 Å². The normalized spacial score (nSPS) is 10.9. The first-order valence-electron chi connectivity index (χ1n) is 4.14. The molecule has 2 rings (SSSR count). The number of aryl methyl sites for hydroxylation is 2. The Labute approximate surface area is 74.4 Å². The van der Waals surface area contributed by atoms with Gasteiger partial charge in [0.1, 0.15) is 0 Å². The zero-order valence-electron chi connectivity index (χ0n) is 7.53. The summed E-state index contributed by atoms with van der Waals surface area (Å²) in [7, 11) is 0. The molecular formula is C8H10N4O. The zero-order chi connectivity index (χ0) is 9.42. The Hall–Kier alpha value is -1.65. The van der Waals surface area contributed by atoms with Gasteiger partial charge in [-0.05, 0) is 13.8 Å². The van der Waals surface area contributed by atoms with Gasteiger partial charge < -0.3 is 0 Å². The molecule has 0 bridgehead atoms. The molecule has 2 heterocycles. The van der Waals surface area contributed by atoms with Crippen LogP contribution in [0, 0.1) is 6.92 Å². The van der Waals surface area contributed by atoms with Crippen molar-refractivity contribution in [2.45, 2.75) is 20.4 Å². The number of hydrogen-bond acceptors (Lipinski definition) is 3. The molecule has 0 radical (unpaired) electrons. The van der Waals surface area contributed by atoms with E-state index in [1.807, 2.05) is 13.8 Å². The second-order valence-electron chi connectivity index (χ2n) is 2.86. The van der Waals surface area contributed by atoms with E-state index in [0.29, 0.717) is 17.8 Å². The van der Waals surface area contributed by atoms with Crippen LogP contribution in [-0.4, -0.2) is 19.5 Å². The minimum Gasteiger partial charge on any atom is -0.289 e. The first-order valence-corrected chi connectivity index (χ1v) is 4.14. The number of H-pyrrole nitrogens is 1. The van der Waals surface area contributed by atoms with Crippen LogP contribution in [0.25, 0.3) is 11.3 Å². The SMILES string of the molecule is CCn1c(=O)[nH]c2ncc(C)nc21. The Morgan fingerprint density at radius 1 is 1.62 bits per heavy atom. The Kier molecular flexibility index (Phi) is 1.65. The first-order chi connectivity index (χ1) is 6.22. The van der Waals surface area contributed by atoms with E-state index in [0.717, 1.165) is 5.69 Å². The van der Waals surface area contributed by atoms with Crippen LogP contribution < -0.4 is 5.69 Å². The van der Waals surface area contributed by atoms with Gasteiger partial charge in [0.05, 0.1) is 11.9 Å². The van der Waals surface area contributed by atoms with E-state index in [-0.39, 0.29) is 5.69 Å². The molecule has 0 saturated carbocycles. The summed E-state index contributed by atoms with van der Waals surface area (Å²) in [5.41, 5.74) is 1.85. The smallest absolute Gasteiger partial charge is 0.289 e. The zero-order valence-corrected chi connectivity index (χ0v) is 7.53. The molecule has 2 aromatic rings. The lowest BCUT2D eigenvalue weighted by molar-refractivity contribution is 0.744. The molecule has 0 spiro atoms. The molecule has 0 aliphatic rings. The molecular weight excluding hydrogens is 168 g/mol. The highest BCUT2D eigenvalue weighted by molar-refractivity contribution is 5.65. The molecule has 0 fully saturated rings. The van der Waals surface area contributed by atoms with Crippen molar-refractivity contribution in [3.8, 4) is 0 Å². The van der Waals surface area contributed by atoms with E-state index in [1.165, 1.54) is 0 Å². The number of aromatic amines is 1. The summed E-state index contributed by atoms with van der Waals surface area (Å²) >= 11 is 0. The molecule has 0 atom stereocenters. The lowest BCUT2D eigenvalue weighted by Crippen LogP contribution is -2.15. The van der Waals surface area contributed by atoms with E-state index in [9.17, 15) is 4.79 Å². The highest BCUT2D eigenvalue weighted by atomic mass is 16.1. The summed E-state index contributed by atoms with van der Waals surface area (Å²) in [6, 6.07) is 0. The summed E-state index contributed by atoms with van der Waals surface area (Å²) in [5, 5.41) is 0. The molecule has 68 valence electrons. The second-order valence-corrected chi connectivity index (χ2v) is 2.86. The van der Waals surface area contributed by atoms with Crippen molar-refractivity contribution >= 4 is 11.3 Å². The molecule has 0 unspecified atom stereocenters. The lowest BCUT2D eigenvalue weighted by Gasteiger charge is -1.96. The molecule has 5 nitrogen and oxygen atoms in total. The molecule has 0 aromatic carbocycles. The summed E-state index contributed by atoms with van der Waals surface area (Å²) in [5.74, 6) is 0.